The number of aryl methyl sites for hydroxylation is 1. The summed E-state index contributed by atoms with van der Waals surface area (Å²) >= 11 is 0. The van der Waals surface area contributed by atoms with Crippen molar-refractivity contribution < 1.29 is 9.53 Å². The Kier molecular flexibility index (Phi) is 5.11. The van der Waals surface area contributed by atoms with Crippen LogP contribution in [0.15, 0.2) is 36.4 Å². The number of nitrogens with two attached hydrogens (primary N) is 1. The summed E-state index contributed by atoms with van der Waals surface area (Å²) in [6.45, 7) is 5.84. The van der Waals surface area contributed by atoms with E-state index in [2.05, 4.69) is 10.6 Å². The SMILES string of the molecule is COc1ccc(C)cc1Nc1ccc(C(=O)NC(C)C)cc1N. The van der Waals surface area contributed by atoms with E-state index in [1.165, 1.54) is 0 Å². The van der Waals surface area contributed by atoms with E-state index >= 15 is 0 Å². The number of amides is 1. The second kappa shape index (κ2) is 7.05. The lowest BCUT2D eigenvalue weighted by atomic mass is 10.1. The number of nitrogen functional groups attached to an aromatic ring is 1. The minimum absolute atomic E-state index is 0.0816. The third-order valence-corrected chi connectivity index (χ3v) is 3.36. The lowest BCUT2D eigenvalue weighted by Gasteiger charge is -2.15. The summed E-state index contributed by atoms with van der Waals surface area (Å²) in [7, 11) is 1.62. The molecule has 122 valence electrons. The van der Waals surface area contributed by atoms with Gasteiger partial charge in [0.25, 0.3) is 5.91 Å². The first kappa shape index (κ1) is 16.7. The number of carbonyl (C=O) groups excluding carboxylic acids is 1. The Morgan fingerprint density at radius 3 is 2.48 bits per heavy atom. The Morgan fingerprint density at radius 1 is 1.13 bits per heavy atom. The Hall–Kier alpha value is -2.69. The minimum Gasteiger partial charge on any atom is -0.495 e. The fourth-order valence-corrected chi connectivity index (χ4v) is 2.23. The van der Waals surface area contributed by atoms with Gasteiger partial charge in [0.05, 0.1) is 24.2 Å². The Labute approximate surface area is 136 Å². The van der Waals surface area contributed by atoms with Gasteiger partial charge in [0.2, 0.25) is 0 Å². The maximum atomic E-state index is 12.0. The van der Waals surface area contributed by atoms with Gasteiger partial charge in [-0.2, -0.15) is 0 Å². The highest BCUT2D eigenvalue weighted by molar-refractivity contribution is 5.96. The van der Waals surface area contributed by atoms with Gasteiger partial charge in [-0.25, -0.2) is 0 Å². The highest BCUT2D eigenvalue weighted by atomic mass is 16.5. The molecule has 0 fully saturated rings. The van der Waals surface area contributed by atoms with Crippen LogP contribution in [0.4, 0.5) is 17.1 Å². The zero-order valence-electron chi connectivity index (χ0n) is 13.9. The molecule has 2 aromatic carbocycles. The van der Waals surface area contributed by atoms with E-state index in [1.807, 2.05) is 39.0 Å². The number of hydrogen-bond acceptors (Lipinski definition) is 4. The number of hydrogen-bond donors (Lipinski definition) is 3. The monoisotopic (exact) mass is 313 g/mol. The van der Waals surface area contributed by atoms with Crippen molar-refractivity contribution in [3.05, 3.63) is 47.5 Å². The predicted octanol–water partition coefficient (Wildman–Crippen LogP) is 3.47. The highest BCUT2D eigenvalue weighted by Crippen LogP contribution is 2.31. The molecule has 1 amide bonds. The van der Waals surface area contributed by atoms with Crippen molar-refractivity contribution in [2.45, 2.75) is 26.8 Å². The van der Waals surface area contributed by atoms with Crippen molar-refractivity contribution >= 4 is 23.0 Å². The van der Waals surface area contributed by atoms with E-state index in [9.17, 15) is 4.79 Å². The zero-order valence-corrected chi connectivity index (χ0v) is 13.9. The summed E-state index contributed by atoms with van der Waals surface area (Å²) in [5.74, 6) is 0.600. The van der Waals surface area contributed by atoms with E-state index in [4.69, 9.17) is 10.5 Å². The molecule has 0 aliphatic rings. The topological polar surface area (TPSA) is 76.4 Å². The van der Waals surface area contributed by atoms with Gasteiger partial charge >= 0.3 is 0 Å². The molecule has 0 saturated carbocycles. The van der Waals surface area contributed by atoms with Crippen molar-refractivity contribution in [2.75, 3.05) is 18.2 Å². The van der Waals surface area contributed by atoms with Crippen molar-refractivity contribution in [3.63, 3.8) is 0 Å². The first-order valence-electron chi connectivity index (χ1n) is 7.52. The van der Waals surface area contributed by atoms with Crippen LogP contribution < -0.4 is 21.1 Å². The van der Waals surface area contributed by atoms with Gasteiger partial charge in [0.15, 0.2) is 0 Å². The molecule has 0 saturated heterocycles. The predicted molar refractivity (Wildman–Crippen MR) is 94.5 cm³/mol. The summed E-state index contributed by atoms with van der Waals surface area (Å²) in [6, 6.07) is 11.2. The summed E-state index contributed by atoms with van der Waals surface area (Å²) in [4.78, 5) is 12.0. The second-order valence-electron chi connectivity index (χ2n) is 5.76. The third kappa shape index (κ3) is 4.16. The molecule has 0 heterocycles. The first-order valence-corrected chi connectivity index (χ1v) is 7.52. The molecule has 0 spiro atoms. The molecule has 0 atom stereocenters. The molecule has 0 aromatic heterocycles. The Morgan fingerprint density at radius 2 is 1.87 bits per heavy atom. The molecule has 4 N–H and O–H groups in total. The Balaban J connectivity index is 2.25. The Bertz CT molecular complexity index is 711. The summed E-state index contributed by atoms with van der Waals surface area (Å²) in [5.41, 5.74) is 9.80. The van der Waals surface area contributed by atoms with Crippen LogP contribution >= 0.6 is 0 Å². The molecule has 0 radical (unpaired) electrons. The zero-order chi connectivity index (χ0) is 17.0. The molecule has 5 heteroatoms. The highest BCUT2D eigenvalue weighted by Gasteiger charge is 2.11. The van der Waals surface area contributed by atoms with Crippen molar-refractivity contribution in [3.8, 4) is 5.75 Å². The number of anilines is 3. The molecule has 5 nitrogen and oxygen atoms in total. The van der Waals surface area contributed by atoms with Gasteiger partial charge in [0.1, 0.15) is 5.75 Å². The average molecular weight is 313 g/mol. The second-order valence-corrected chi connectivity index (χ2v) is 5.76. The van der Waals surface area contributed by atoms with Crippen molar-refractivity contribution in [1.82, 2.24) is 5.32 Å². The van der Waals surface area contributed by atoms with Crippen LogP contribution in [-0.4, -0.2) is 19.1 Å². The van der Waals surface area contributed by atoms with Gasteiger partial charge < -0.3 is 21.1 Å². The van der Waals surface area contributed by atoms with Crippen LogP contribution in [0.5, 0.6) is 5.75 Å². The van der Waals surface area contributed by atoms with Crippen LogP contribution in [-0.2, 0) is 0 Å². The van der Waals surface area contributed by atoms with E-state index < -0.39 is 0 Å². The standard InChI is InChI=1S/C18H23N3O2/c1-11(2)20-18(22)13-6-7-15(14(19)10-13)21-16-9-12(3)5-8-17(16)23-4/h5-11,21H,19H2,1-4H3,(H,20,22). The maximum absolute atomic E-state index is 12.0. The number of ether oxygens (including phenoxy) is 1. The molecule has 0 aliphatic heterocycles. The van der Waals surface area contributed by atoms with Gasteiger partial charge in [-0.1, -0.05) is 6.07 Å². The summed E-state index contributed by atoms with van der Waals surface area (Å²) in [5, 5.41) is 6.10. The molecule has 2 aromatic rings. The normalized spacial score (nSPS) is 10.5. The number of methoxy groups -OCH3 is 1. The molecule has 0 bridgehead atoms. The molecular weight excluding hydrogens is 290 g/mol. The number of nitrogens with one attached hydrogen (secondary N) is 2. The van der Waals surface area contributed by atoms with Crippen LogP contribution in [0.1, 0.15) is 29.8 Å². The largest absolute Gasteiger partial charge is 0.495 e. The van der Waals surface area contributed by atoms with Crippen LogP contribution in [0.25, 0.3) is 0 Å². The quantitative estimate of drug-likeness (QED) is 0.739. The summed E-state index contributed by atoms with van der Waals surface area (Å²) < 4.78 is 5.35. The van der Waals surface area contributed by atoms with Crippen LogP contribution in [0.2, 0.25) is 0 Å². The van der Waals surface area contributed by atoms with Gasteiger partial charge in [0, 0.05) is 11.6 Å². The smallest absolute Gasteiger partial charge is 0.251 e. The first-order chi connectivity index (χ1) is 10.9. The lowest BCUT2D eigenvalue weighted by molar-refractivity contribution is 0.0943. The fourth-order valence-electron chi connectivity index (χ4n) is 2.23. The molecule has 0 aliphatic carbocycles. The molecule has 0 unspecified atom stereocenters. The van der Waals surface area contributed by atoms with Gasteiger partial charge in [-0.15, -0.1) is 0 Å². The van der Waals surface area contributed by atoms with E-state index in [0.29, 0.717) is 11.3 Å². The average Bonchev–Trinajstić information content (AvgIpc) is 2.49. The number of carbonyl (C=O) groups is 1. The van der Waals surface area contributed by atoms with E-state index in [-0.39, 0.29) is 11.9 Å². The van der Waals surface area contributed by atoms with E-state index in [0.717, 1.165) is 22.7 Å². The maximum Gasteiger partial charge on any atom is 0.251 e. The molecular formula is C18H23N3O2. The van der Waals surface area contributed by atoms with E-state index in [1.54, 1.807) is 25.3 Å². The molecule has 2 rings (SSSR count). The third-order valence-electron chi connectivity index (χ3n) is 3.36. The molecule has 23 heavy (non-hydrogen) atoms. The minimum atomic E-state index is -0.133. The fraction of sp³-hybridized carbons (Fsp3) is 0.278. The van der Waals surface area contributed by atoms with Crippen LogP contribution in [0, 0.1) is 6.92 Å². The van der Waals surface area contributed by atoms with Gasteiger partial charge in [-0.3, -0.25) is 4.79 Å². The van der Waals surface area contributed by atoms with Crippen molar-refractivity contribution in [2.24, 2.45) is 0 Å². The summed E-state index contributed by atoms with van der Waals surface area (Å²) in [6.07, 6.45) is 0. The van der Waals surface area contributed by atoms with Crippen molar-refractivity contribution in [1.29, 1.82) is 0 Å². The van der Waals surface area contributed by atoms with Gasteiger partial charge in [-0.05, 0) is 56.7 Å². The number of benzene rings is 2. The van der Waals surface area contributed by atoms with Crippen LogP contribution in [0.3, 0.4) is 0 Å². The lowest BCUT2D eigenvalue weighted by Crippen LogP contribution is -2.30. The number of rotatable bonds is 5.